The van der Waals surface area contributed by atoms with Crippen molar-refractivity contribution in [1.29, 1.82) is 0 Å². The Balaban J connectivity index is 2.61. The second kappa shape index (κ2) is 4.80. The molecule has 0 fully saturated rings. The van der Waals surface area contributed by atoms with Crippen molar-refractivity contribution in [3.8, 4) is 0 Å². The van der Waals surface area contributed by atoms with Crippen LogP contribution in [0.3, 0.4) is 0 Å². The summed E-state index contributed by atoms with van der Waals surface area (Å²) < 4.78 is 5.94. The van der Waals surface area contributed by atoms with Gasteiger partial charge >= 0.3 is 0 Å². The summed E-state index contributed by atoms with van der Waals surface area (Å²) in [5, 5.41) is 0. The molecule has 0 aromatic carbocycles. The van der Waals surface area contributed by atoms with E-state index in [0.717, 1.165) is 13.0 Å². The molecule has 0 bridgehead atoms. The average Bonchev–Trinajstić information content (AvgIpc) is 2.04. The molecule has 0 atom stereocenters. The van der Waals surface area contributed by atoms with Gasteiger partial charge in [-0.15, -0.1) is 0 Å². The fourth-order valence-corrected chi connectivity index (χ4v) is 2.35. The van der Waals surface area contributed by atoms with Crippen molar-refractivity contribution in [2.75, 3.05) is 6.61 Å². The quantitative estimate of drug-likeness (QED) is 0.602. The van der Waals surface area contributed by atoms with Crippen LogP contribution in [-0.2, 0) is 4.74 Å². The van der Waals surface area contributed by atoms with Gasteiger partial charge in [0.2, 0.25) is 0 Å². The highest BCUT2D eigenvalue weighted by atomic mass is 16.5. The Morgan fingerprint density at radius 1 is 1.31 bits per heavy atom. The zero-order valence-corrected chi connectivity index (χ0v) is 9.23. The van der Waals surface area contributed by atoms with E-state index in [1.165, 1.54) is 31.3 Å². The Morgan fingerprint density at radius 2 is 1.92 bits per heavy atom. The molecule has 0 aromatic rings. The maximum absolute atomic E-state index is 5.94. The molecule has 0 amide bonds. The molecule has 0 saturated carbocycles. The highest BCUT2D eigenvalue weighted by molar-refractivity contribution is 5.08. The minimum Gasteiger partial charge on any atom is -0.371 e. The van der Waals surface area contributed by atoms with Crippen LogP contribution in [0.2, 0.25) is 0 Å². The zero-order chi connectivity index (χ0) is 9.73. The lowest BCUT2D eigenvalue weighted by Crippen LogP contribution is -2.35. The Hall–Kier alpha value is -0.300. The first-order valence-electron chi connectivity index (χ1n) is 5.52. The molecule has 13 heavy (non-hydrogen) atoms. The number of hydrogen-bond donors (Lipinski definition) is 0. The molecule has 0 unspecified atom stereocenters. The topological polar surface area (TPSA) is 9.23 Å². The second-order valence-electron chi connectivity index (χ2n) is 4.22. The molecule has 0 aliphatic carbocycles. The molecule has 1 heteroatoms. The molecule has 0 aromatic heterocycles. The molecule has 0 saturated heterocycles. The van der Waals surface area contributed by atoms with Crippen LogP contribution in [0.4, 0.5) is 0 Å². The van der Waals surface area contributed by atoms with Crippen molar-refractivity contribution in [2.45, 2.75) is 58.5 Å². The standard InChI is InChI=1S/C12H22O/c1-4-7-12(8-5-2)10-11(3)6-9-13-12/h6H,4-5,7-10H2,1-3H3. The minimum atomic E-state index is 0.183. The fourth-order valence-electron chi connectivity index (χ4n) is 2.35. The first-order valence-corrected chi connectivity index (χ1v) is 5.52. The van der Waals surface area contributed by atoms with Gasteiger partial charge in [-0.2, -0.15) is 0 Å². The lowest BCUT2D eigenvalue weighted by atomic mass is 9.85. The molecule has 0 N–H and O–H groups in total. The van der Waals surface area contributed by atoms with Crippen molar-refractivity contribution in [3.63, 3.8) is 0 Å². The monoisotopic (exact) mass is 182 g/mol. The second-order valence-corrected chi connectivity index (χ2v) is 4.22. The molecular formula is C12H22O. The molecular weight excluding hydrogens is 160 g/mol. The van der Waals surface area contributed by atoms with Crippen molar-refractivity contribution in [1.82, 2.24) is 0 Å². The van der Waals surface area contributed by atoms with Gasteiger partial charge in [0.1, 0.15) is 0 Å². The predicted octanol–water partition coefficient (Wildman–Crippen LogP) is 3.69. The van der Waals surface area contributed by atoms with E-state index in [9.17, 15) is 0 Å². The van der Waals surface area contributed by atoms with E-state index < -0.39 is 0 Å². The Labute approximate surface area is 82.2 Å². The van der Waals surface area contributed by atoms with Crippen LogP contribution in [0, 0.1) is 0 Å². The smallest absolute Gasteiger partial charge is 0.0723 e. The summed E-state index contributed by atoms with van der Waals surface area (Å²) in [4.78, 5) is 0. The Kier molecular flexibility index (Phi) is 3.98. The molecule has 1 heterocycles. The van der Waals surface area contributed by atoms with Crippen LogP contribution in [0.25, 0.3) is 0 Å². The molecule has 1 rings (SSSR count). The third-order valence-corrected chi connectivity index (χ3v) is 2.83. The summed E-state index contributed by atoms with van der Waals surface area (Å²) in [6.07, 6.45) is 8.25. The molecule has 1 aliphatic heterocycles. The SMILES string of the molecule is CCCC1(CCC)CC(C)=CCO1. The van der Waals surface area contributed by atoms with Gasteiger partial charge in [0, 0.05) is 0 Å². The van der Waals surface area contributed by atoms with Gasteiger partial charge in [-0.1, -0.05) is 38.3 Å². The summed E-state index contributed by atoms with van der Waals surface area (Å²) in [5.74, 6) is 0. The zero-order valence-electron chi connectivity index (χ0n) is 9.23. The van der Waals surface area contributed by atoms with E-state index in [1.54, 1.807) is 0 Å². The van der Waals surface area contributed by atoms with Crippen molar-refractivity contribution in [2.24, 2.45) is 0 Å². The first kappa shape index (κ1) is 10.8. The summed E-state index contributed by atoms with van der Waals surface area (Å²) in [7, 11) is 0. The van der Waals surface area contributed by atoms with Crippen LogP contribution in [0.5, 0.6) is 0 Å². The van der Waals surface area contributed by atoms with E-state index >= 15 is 0 Å². The van der Waals surface area contributed by atoms with Gasteiger partial charge < -0.3 is 4.74 Å². The summed E-state index contributed by atoms with van der Waals surface area (Å²) >= 11 is 0. The van der Waals surface area contributed by atoms with Crippen molar-refractivity contribution in [3.05, 3.63) is 11.6 Å². The van der Waals surface area contributed by atoms with E-state index in [-0.39, 0.29) is 5.60 Å². The van der Waals surface area contributed by atoms with Crippen LogP contribution in [0.15, 0.2) is 11.6 Å². The maximum Gasteiger partial charge on any atom is 0.0723 e. The molecule has 0 radical (unpaired) electrons. The maximum atomic E-state index is 5.94. The average molecular weight is 182 g/mol. The number of ether oxygens (including phenoxy) is 1. The van der Waals surface area contributed by atoms with Crippen molar-refractivity contribution >= 4 is 0 Å². The lowest BCUT2D eigenvalue weighted by molar-refractivity contribution is -0.0528. The van der Waals surface area contributed by atoms with Crippen LogP contribution < -0.4 is 0 Å². The minimum absolute atomic E-state index is 0.183. The van der Waals surface area contributed by atoms with E-state index in [2.05, 4.69) is 26.8 Å². The summed E-state index contributed by atoms with van der Waals surface area (Å²) in [6, 6.07) is 0. The number of hydrogen-bond acceptors (Lipinski definition) is 1. The van der Waals surface area contributed by atoms with Gasteiger partial charge in [-0.25, -0.2) is 0 Å². The highest BCUT2D eigenvalue weighted by Gasteiger charge is 2.31. The third kappa shape index (κ3) is 2.84. The molecule has 0 spiro atoms. The van der Waals surface area contributed by atoms with Gasteiger partial charge in [0.15, 0.2) is 0 Å². The Bertz CT molecular complexity index is 176. The lowest BCUT2D eigenvalue weighted by Gasteiger charge is -2.36. The molecule has 1 aliphatic rings. The fraction of sp³-hybridized carbons (Fsp3) is 0.833. The first-order chi connectivity index (χ1) is 6.22. The molecule has 76 valence electrons. The Morgan fingerprint density at radius 3 is 2.38 bits per heavy atom. The van der Waals surface area contributed by atoms with E-state index in [1.807, 2.05) is 0 Å². The largest absolute Gasteiger partial charge is 0.371 e. The van der Waals surface area contributed by atoms with Gasteiger partial charge in [-0.3, -0.25) is 0 Å². The van der Waals surface area contributed by atoms with Gasteiger partial charge in [-0.05, 0) is 26.2 Å². The summed E-state index contributed by atoms with van der Waals surface area (Å²) in [5.41, 5.74) is 1.69. The predicted molar refractivity (Wildman–Crippen MR) is 56.9 cm³/mol. The highest BCUT2D eigenvalue weighted by Crippen LogP contribution is 2.33. The van der Waals surface area contributed by atoms with Crippen LogP contribution >= 0.6 is 0 Å². The van der Waals surface area contributed by atoms with E-state index in [4.69, 9.17) is 4.74 Å². The van der Waals surface area contributed by atoms with Gasteiger partial charge in [0.25, 0.3) is 0 Å². The van der Waals surface area contributed by atoms with Crippen LogP contribution in [0.1, 0.15) is 52.9 Å². The van der Waals surface area contributed by atoms with Crippen LogP contribution in [-0.4, -0.2) is 12.2 Å². The number of rotatable bonds is 4. The van der Waals surface area contributed by atoms with Crippen molar-refractivity contribution < 1.29 is 4.74 Å². The van der Waals surface area contributed by atoms with Gasteiger partial charge in [0.05, 0.1) is 12.2 Å². The van der Waals surface area contributed by atoms with E-state index in [0.29, 0.717) is 0 Å². The normalized spacial score (nSPS) is 21.3. The molecule has 1 nitrogen and oxygen atoms in total. The summed E-state index contributed by atoms with van der Waals surface area (Å²) in [6.45, 7) is 7.54. The third-order valence-electron chi connectivity index (χ3n) is 2.83.